The zero-order valence-electron chi connectivity index (χ0n) is 13.2. The van der Waals surface area contributed by atoms with Crippen LogP contribution in [0.15, 0.2) is 53.7 Å². The van der Waals surface area contributed by atoms with Crippen LogP contribution < -0.4 is 10.0 Å². The predicted octanol–water partition coefficient (Wildman–Crippen LogP) is 3.72. The van der Waals surface area contributed by atoms with Gasteiger partial charge >= 0.3 is 12.2 Å². The summed E-state index contributed by atoms with van der Waals surface area (Å²) >= 11 is 5.52. The maximum atomic E-state index is 12.9. The SMILES string of the molecule is O=C(Nc1ccc(Cl)c(C(F)(F)F)c1)NS(=O)c1cccc(-n2cn[nH]2)c1. The first kappa shape index (κ1) is 19.0. The van der Waals surface area contributed by atoms with E-state index < -0.39 is 33.8 Å². The van der Waals surface area contributed by atoms with Gasteiger partial charge in [0, 0.05) is 5.69 Å². The average Bonchev–Trinajstić information content (AvgIpc) is 2.54. The van der Waals surface area contributed by atoms with Gasteiger partial charge in [0.2, 0.25) is 0 Å². The Labute approximate surface area is 158 Å². The molecule has 0 fully saturated rings. The van der Waals surface area contributed by atoms with Gasteiger partial charge < -0.3 is 5.32 Å². The van der Waals surface area contributed by atoms with Crippen molar-refractivity contribution < 1.29 is 22.2 Å². The van der Waals surface area contributed by atoms with Crippen LogP contribution in [0.5, 0.6) is 0 Å². The maximum absolute atomic E-state index is 12.9. The molecule has 2 amide bonds. The first-order valence-corrected chi connectivity index (χ1v) is 8.81. The molecular weight excluding hydrogens is 407 g/mol. The van der Waals surface area contributed by atoms with Crippen LogP contribution in [0.25, 0.3) is 5.69 Å². The molecule has 0 bridgehead atoms. The number of rotatable bonds is 4. The molecule has 1 unspecified atom stereocenters. The fourth-order valence-corrected chi connectivity index (χ4v) is 3.10. The van der Waals surface area contributed by atoms with Crippen molar-refractivity contribution in [3.05, 3.63) is 59.4 Å². The minimum atomic E-state index is -4.66. The highest BCUT2D eigenvalue weighted by atomic mass is 35.5. The quantitative estimate of drug-likeness (QED) is 0.604. The van der Waals surface area contributed by atoms with Gasteiger partial charge in [0.15, 0.2) is 11.0 Å². The molecule has 1 atom stereocenters. The Hall–Kier alpha value is -2.79. The van der Waals surface area contributed by atoms with E-state index in [2.05, 4.69) is 20.4 Å². The van der Waals surface area contributed by atoms with Gasteiger partial charge in [-0.1, -0.05) is 17.7 Å². The molecule has 0 aliphatic carbocycles. The van der Waals surface area contributed by atoms with Crippen LogP contribution in [0, 0.1) is 0 Å². The summed E-state index contributed by atoms with van der Waals surface area (Å²) in [6, 6.07) is 8.42. The van der Waals surface area contributed by atoms with E-state index in [1.807, 2.05) is 0 Å². The monoisotopic (exact) mass is 417 g/mol. The van der Waals surface area contributed by atoms with E-state index in [-0.39, 0.29) is 10.6 Å². The summed E-state index contributed by atoms with van der Waals surface area (Å²) in [5.74, 6) is 0. The number of halogens is 4. The van der Waals surface area contributed by atoms with E-state index in [1.165, 1.54) is 18.5 Å². The molecule has 7 nitrogen and oxygen atoms in total. The molecule has 3 aromatic rings. The third kappa shape index (κ3) is 4.49. The highest BCUT2D eigenvalue weighted by molar-refractivity contribution is 7.83. The van der Waals surface area contributed by atoms with Crippen molar-refractivity contribution in [2.24, 2.45) is 0 Å². The summed E-state index contributed by atoms with van der Waals surface area (Å²) in [5, 5.41) is 8.01. The molecule has 0 radical (unpaired) electrons. The topological polar surface area (TPSA) is 91.8 Å². The number of carbonyl (C=O) groups excluding carboxylic acids is 1. The van der Waals surface area contributed by atoms with E-state index in [4.69, 9.17) is 11.6 Å². The predicted molar refractivity (Wildman–Crippen MR) is 92.9 cm³/mol. The van der Waals surface area contributed by atoms with Crippen molar-refractivity contribution in [3.63, 3.8) is 0 Å². The Bertz CT molecular complexity index is 992. The minimum Gasteiger partial charge on any atom is -0.307 e. The van der Waals surface area contributed by atoms with Crippen molar-refractivity contribution in [1.82, 2.24) is 19.7 Å². The number of carbonyl (C=O) groups is 1. The largest absolute Gasteiger partial charge is 0.417 e. The van der Waals surface area contributed by atoms with Crippen molar-refractivity contribution in [2.75, 3.05) is 5.32 Å². The van der Waals surface area contributed by atoms with Crippen molar-refractivity contribution in [1.29, 1.82) is 0 Å². The molecule has 27 heavy (non-hydrogen) atoms. The Morgan fingerprint density at radius 2 is 1.96 bits per heavy atom. The lowest BCUT2D eigenvalue weighted by atomic mass is 10.2. The van der Waals surface area contributed by atoms with Gasteiger partial charge in [-0.2, -0.15) is 13.2 Å². The molecule has 1 aromatic heterocycles. The Morgan fingerprint density at radius 3 is 2.59 bits per heavy atom. The fraction of sp³-hybridized carbons (Fsp3) is 0.0667. The van der Waals surface area contributed by atoms with Crippen LogP contribution in [-0.4, -0.2) is 25.2 Å². The van der Waals surface area contributed by atoms with Gasteiger partial charge in [0.1, 0.15) is 6.33 Å². The van der Waals surface area contributed by atoms with Crippen LogP contribution >= 0.6 is 11.6 Å². The van der Waals surface area contributed by atoms with Crippen LogP contribution in [0.4, 0.5) is 23.7 Å². The number of H-pyrrole nitrogens is 1. The lowest BCUT2D eigenvalue weighted by Crippen LogP contribution is -2.30. The molecular formula is C15H11ClF3N5O2S. The highest BCUT2D eigenvalue weighted by Crippen LogP contribution is 2.36. The summed E-state index contributed by atoms with van der Waals surface area (Å²) in [7, 11) is -1.93. The molecule has 2 aromatic carbocycles. The van der Waals surface area contributed by atoms with Gasteiger partial charge in [0.05, 0.1) is 21.2 Å². The summed E-state index contributed by atoms with van der Waals surface area (Å²) < 4.78 is 54.6. The number of amides is 2. The van der Waals surface area contributed by atoms with Gasteiger partial charge in [0.25, 0.3) is 0 Å². The zero-order valence-corrected chi connectivity index (χ0v) is 14.8. The summed E-state index contributed by atoms with van der Waals surface area (Å²) in [4.78, 5) is 12.2. The fourth-order valence-electron chi connectivity index (χ4n) is 2.11. The second kappa shape index (κ2) is 7.45. The smallest absolute Gasteiger partial charge is 0.307 e. The number of nitrogens with one attached hydrogen (secondary N) is 3. The van der Waals surface area contributed by atoms with E-state index >= 15 is 0 Å². The molecule has 0 saturated heterocycles. The third-order valence-corrected chi connectivity index (χ3v) is 4.75. The molecule has 3 rings (SSSR count). The number of alkyl halides is 3. The number of hydrogen-bond donors (Lipinski definition) is 3. The van der Waals surface area contributed by atoms with Crippen LogP contribution in [-0.2, 0) is 17.2 Å². The van der Waals surface area contributed by atoms with Crippen LogP contribution in [0.1, 0.15) is 5.56 Å². The Morgan fingerprint density at radius 1 is 1.22 bits per heavy atom. The zero-order chi connectivity index (χ0) is 19.6. The van der Waals surface area contributed by atoms with Crippen molar-refractivity contribution in [3.8, 4) is 5.69 Å². The molecule has 0 aliphatic rings. The third-order valence-electron chi connectivity index (χ3n) is 3.36. The normalized spacial score (nSPS) is 12.6. The van der Waals surface area contributed by atoms with Gasteiger partial charge in [-0.05, 0) is 36.4 Å². The molecule has 142 valence electrons. The second-order valence-electron chi connectivity index (χ2n) is 5.23. The lowest BCUT2D eigenvalue weighted by molar-refractivity contribution is -0.137. The first-order valence-electron chi connectivity index (χ1n) is 7.28. The molecule has 0 saturated carbocycles. The Kier molecular flexibility index (Phi) is 5.24. The van der Waals surface area contributed by atoms with E-state index in [9.17, 15) is 22.2 Å². The summed E-state index contributed by atoms with van der Waals surface area (Å²) in [6.07, 6.45) is -3.16. The standard InChI is InChI=1S/C15H11ClF3N5O2S/c16-13-5-4-9(6-12(13)15(17,18)19)21-14(25)22-27(26)11-3-1-2-10(7-11)24-8-20-23-24/h1-8,23H,(H2,21,22,25). The molecule has 0 spiro atoms. The van der Waals surface area contributed by atoms with E-state index in [0.717, 1.165) is 6.07 Å². The molecule has 1 heterocycles. The average molecular weight is 418 g/mol. The van der Waals surface area contributed by atoms with Gasteiger partial charge in [-0.25, -0.2) is 18.9 Å². The summed E-state index contributed by atoms with van der Waals surface area (Å²) in [5.41, 5.74) is -0.582. The number of benzene rings is 2. The Balaban J connectivity index is 1.69. The van der Waals surface area contributed by atoms with Gasteiger partial charge in [-0.15, -0.1) is 5.10 Å². The maximum Gasteiger partial charge on any atom is 0.417 e. The lowest BCUT2D eigenvalue weighted by Gasteiger charge is -2.12. The number of hydrogen-bond acceptors (Lipinski definition) is 3. The number of aromatic nitrogens is 3. The molecule has 12 heteroatoms. The number of aromatic amines is 1. The molecule has 3 N–H and O–H groups in total. The van der Waals surface area contributed by atoms with Crippen molar-refractivity contribution in [2.45, 2.75) is 11.1 Å². The van der Waals surface area contributed by atoms with Crippen molar-refractivity contribution >= 4 is 34.3 Å². The molecule has 0 aliphatic heterocycles. The summed E-state index contributed by atoms with van der Waals surface area (Å²) in [6.45, 7) is 0. The first-order chi connectivity index (χ1) is 12.7. The number of nitrogens with zero attached hydrogens (tertiary/aromatic N) is 2. The highest BCUT2D eigenvalue weighted by Gasteiger charge is 2.33. The van der Waals surface area contributed by atoms with Crippen LogP contribution in [0.2, 0.25) is 5.02 Å². The van der Waals surface area contributed by atoms with Crippen LogP contribution in [0.3, 0.4) is 0 Å². The van der Waals surface area contributed by atoms with E-state index in [0.29, 0.717) is 11.8 Å². The number of anilines is 1. The van der Waals surface area contributed by atoms with Gasteiger partial charge in [-0.3, -0.25) is 4.72 Å². The van der Waals surface area contributed by atoms with E-state index in [1.54, 1.807) is 22.9 Å². The second-order valence-corrected chi connectivity index (χ2v) is 6.85. The number of urea groups is 1. The minimum absolute atomic E-state index is 0.143.